The molecule has 0 amide bonds. The van der Waals surface area contributed by atoms with Crippen LogP contribution in [0.4, 0.5) is 8.78 Å². The van der Waals surface area contributed by atoms with Gasteiger partial charge in [-0.3, -0.25) is 9.37 Å². The Bertz CT molecular complexity index is 298. The van der Waals surface area contributed by atoms with Crippen LogP contribution in [0.3, 0.4) is 0 Å². The lowest BCUT2D eigenvalue weighted by Crippen LogP contribution is -2.30. The van der Waals surface area contributed by atoms with Crippen molar-refractivity contribution in [2.45, 2.75) is 18.7 Å². The number of epoxide rings is 1. The first-order valence-corrected chi connectivity index (χ1v) is 5.31. The van der Waals surface area contributed by atoms with Crippen LogP contribution in [0.15, 0.2) is 11.7 Å². The van der Waals surface area contributed by atoms with Gasteiger partial charge in [0.2, 0.25) is 0 Å². The molecule has 1 aromatic heterocycles. The summed E-state index contributed by atoms with van der Waals surface area (Å²) in [5.74, 6) is -0.706. The van der Waals surface area contributed by atoms with Gasteiger partial charge in [-0.05, 0) is 6.92 Å². The molecule has 1 fully saturated rings. The van der Waals surface area contributed by atoms with Crippen molar-refractivity contribution in [2.75, 3.05) is 13.3 Å². The van der Waals surface area contributed by atoms with Crippen molar-refractivity contribution in [3.63, 3.8) is 0 Å². The molecule has 3 atom stereocenters. The Balaban J connectivity index is 2.24. The first-order chi connectivity index (χ1) is 6.70. The van der Waals surface area contributed by atoms with Gasteiger partial charge in [-0.1, -0.05) is 0 Å². The van der Waals surface area contributed by atoms with Gasteiger partial charge >= 0.3 is 0 Å². The molecule has 0 bridgehead atoms. The van der Waals surface area contributed by atoms with E-state index in [-0.39, 0.29) is 0 Å². The zero-order valence-corrected chi connectivity index (χ0v) is 8.56. The summed E-state index contributed by atoms with van der Waals surface area (Å²) in [4.78, 5) is 4.72. The number of rotatable bonds is 4. The summed E-state index contributed by atoms with van der Waals surface area (Å²) < 4.78 is 31.1. The first kappa shape index (κ1) is 9.98. The summed E-state index contributed by atoms with van der Waals surface area (Å²) in [5.41, 5.74) is 0.918. The average Bonchev–Trinajstić information content (AvgIpc) is 2.76. The Labute approximate surface area is 84.9 Å². The van der Waals surface area contributed by atoms with E-state index in [9.17, 15) is 8.78 Å². The lowest BCUT2D eigenvalue weighted by atomic mass is 9.89. The van der Waals surface area contributed by atoms with Crippen molar-refractivity contribution in [1.82, 2.24) is 4.98 Å². The second kappa shape index (κ2) is 3.55. The van der Waals surface area contributed by atoms with Gasteiger partial charge in [0.05, 0.1) is 29.6 Å². The zero-order valence-electron chi connectivity index (χ0n) is 7.74. The summed E-state index contributed by atoms with van der Waals surface area (Å²) >= 11 is 1.38. The molecule has 0 radical (unpaired) electrons. The highest BCUT2D eigenvalue weighted by Crippen LogP contribution is 2.48. The van der Waals surface area contributed by atoms with Crippen molar-refractivity contribution < 1.29 is 13.5 Å². The van der Waals surface area contributed by atoms with E-state index >= 15 is 0 Å². The molecule has 0 aliphatic carbocycles. The molecule has 1 aliphatic rings. The highest BCUT2D eigenvalue weighted by atomic mass is 32.1. The molecule has 78 valence electrons. The van der Waals surface area contributed by atoms with Crippen LogP contribution in [0.25, 0.3) is 0 Å². The molecule has 3 unspecified atom stereocenters. The molecule has 0 N–H and O–H groups in total. The number of thiazole rings is 1. The van der Waals surface area contributed by atoms with Crippen molar-refractivity contribution in [2.24, 2.45) is 5.92 Å². The molecular weight excluding hydrogens is 208 g/mol. The monoisotopic (exact) mass is 219 g/mol. The smallest absolute Gasteiger partial charge is 0.135 e. The van der Waals surface area contributed by atoms with Gasteiger partial charge in [-0.15, -0.1) is 11.3 Å². The maximum absolute atomic E-state index is 13.2. The van der Waals surface area contributed by atoms with Crippen LogP contribution in [0.1, 0.15) is 11.8 Å². The van der Waals surface area contributed by atoms with E-state index in [1.54, 1.807) is 11.7 Å². The summed E-state index contributed by atoms with van der Waals surface area (Å²) in [5, 5.41) is 0. The molecule has 2 nitrogen and oxygen atoms in total. The van der Waals surface area contributed by atoms with Gasteiger partial charge in [0.15, 0.2) is 0 Å². The fourth-order valence-electron chi connectivity index (χ4n) is 1.66. The van der Waals surface area contributed by atoms with Crippen LogP contribution >= 0.6 is 11.3 Å². The van der Waals surface area contributed by atoms with Gasteiger partial charge in [-0.25, -0.2) is 4.39 Å². The van der Waals surface area contributed by atoms with Crippen LogP contribution in [-0.2, 0) is 10.3 Å². The fraction of sp³-hybridized carbons (Fsp3) is 0.667. The molecule has 1 aliphatic heterocycles. The third-order valence-electron chi connectivity index (χ3n) is 2.62. The first-order valence-electron chi connectivity index (χ1n) is 4.43. The number of alkyl halides is 2. The summed E-state index contributed by atoms with van der Waals surface area (Å²) in [7, 11) is 0. The number of halogens is 2. The van der Waals surface area contributed by atoms with Gasteiger partial charge in [-0.2, -0.15) is 0 Å². The average molecular weight is 219 g/mol. The number of hydrogen-bond acceptors (Lipinski definition) is 3. The van der Waals surface area contributed by atoms with Gasteiger partial charge in [0.25, 0.3) is 0 Å². The molecule has 0 saturated carbocycles. The normalized spacial score (nSPS) is 29.9. The Kier molecular flexibility index (Phi) is 2.53. The molecular formula is C9H11F2NOS. The third-order valence-corrected chi connectivity index (χ3v) is 3.56. The topological polar surface area (TPSA) is 25.4 Å². The van der Waals surface area contributed by atoms with Gasteiger partial charge in [0, 0.05) is 6.20 Å². The zero-order chi connectivity index (χ0) is 10.2. The minimum atomic E-state index is -1.20. The lowest BCUT2D eigenvalue weighted by Gasteiger charge is -2.20. The Morgan fingerprint density at radius 3 is 2.86 bits per heavy atom. The highest BCUT2D eigenvalue weighted by molar-refractivity contribution is 7.09. The van der Waals surface area contributed by atoms with Crippen LogP contribution in [0, 0.1) is 5.92 Å². The number of hydrogen-bond donors (Lipinski definition) is 0. The van der Waals surface area contributed by atoms with E-state index in [4.69, 9.17) is 4.74 Å². The van der Waals surface area contributed by atoms with Crippen LogP contribution in [0.5, 0.6) is 0 Å². The van der Waals surface area contributed by atoms with Gasteiger partial charge < -0.3 is 4.74 Å². The molecule has 1 saturated heterocycles. The predicted octanol–water partition coefficient (Wildman–Crippen LogP) is 2.31. The summed E-state index contributed by atoms with van der Waals surface area (Å²) in [6.45, 7) is 1.07. The summed E-state index contributed by atoms with van der Waals surface area (Å²) in [6, 6.07) is 0. The molecule has 0 aromatic carbocycles. The Morgan fingerprint density at radius 1 is 1.79 bits per heavy atom. The number of nitrogens with zero attached hydrogens (tertiary/aromatic N) is 1. The van der Waals surface area contributed by atoms with E-state index in [2.05, 4.69) is 4.98 Å². The lowest BCUT2D eigenvalue weighted by molar-refractivity contribution is 0.108. The second-order valence-electron chi connectivity index (χ2n) is 3.48. The second-order valence-corrected chi connectivity index (χ2v) is 4.37. The SMILES string of the molecule is CC(F)C(CF)C1(c2cncs2)CO1. The fourth-order valence-corrected chi connectivity index (χ4v) is 2.49. The van der Waals surface area contributed by atoms with Crippen molar-refractivity contribution in [1.29, 1.82) is 0 Å². The minimum absolute atomic E-state index is 0.401. The van der Waals surface area contributed by atoms with Crippen molar-refractivity contribution in [3.05, 3.63) is 16.6 Å². The maximum atomic E-state index is 13.2. The molecule has 1 aromatic rings. The minimum Gasteiger partial charge on any atom is -0.363 e. The van der Waals surface area contributed by atoms with Crippen LogP contribution in [0.2, 0.25) is 0 Å². The van der Waals surface area contributed by atoms with Crippen molar-refractivity contribution >= 4 is 11.3 Å². The molecule has 14 heavy (non-hydrogen) atoms. The molecule has 2 heterocycles. The van der Waals surface area contributed by atoms with E-state index in [1.165, 1.54) is 18.3 Å². The Hall–Kier alpha value is -0.550. The van der Waals surface area contributed by atoms with Crippen molar-refractivity contribution in [3.8, 4) is 0 Å². The quantitative estimate of drug-likeness (QED) is 0.726. The summed E-state index contributed by atoms with van der Waals surface area (Å²) in [6.07, 6.45) is 0.424. The van der Waals surface area contributed by atoms with Crippen LogP contribution < -0.4 is 0 Å². The highest BCUT2D eigenvalue weighted by Gasteiger charge is 2.56. The number of ether oxygens (including phenoxy) is 1. The molecule has 0 spiro atoms. The van der Waals surface area contributed by atoms with E-state index < -0.39 is 24.4 Å². The van der Waals surface area contributed by atoms with E-state index in [1.807, 2.05) is 0 Å². The van der Waals surface area contributed by atoms with Crippen LogP contribution in [-0.4, -0.2) is 24.4 Å². The molecule has 2 rings (SSSR count). The largest absolute Gasteiger partial charge is 0.363 e. The third kappa shape index (κ3) is 1.44. The van der Waals surface area contributed by atoms with Gasteiger partial charge in [0.1, 0.15) is 11.8 Å². The van der Waals surface area contributed by atoms with E-state index in [0.717, 1.165) is 4.88 Å². The maximum Gasteiger partial charge on any atom is 0.135 e. The predicted molar refractivity (Wildman–Crippen MR) is 49.8 cm³/mol. The Morgan fingerprint density at radius 2 is 2.50 bits per heavy atom. The standard InChI is InChI=1S/C9H11F2NOS/c1-6(11)7(2-10)9(4-13-9)8-3-12-5-14-8/h3,5-7H,2,4H2,1H3. The molecule has 5 heteroatoms. The van der Waals surface area contributed by atoms with E-state index in [0.29, 0.717) is 6.61 Å². The number of aromatic nitrogens is 1.